The van der Waals surface area contributed by atoms with Crippen molar-refractivity contribution in [2.45, 2.75) is 51.4 Å². The van der Waals surface area contributed by atoms with Crippen molar-refractivity contribution in [2.24, 2.45) is 0 Å². The third kappa shape index (κ3) is 5.97. The van der Waals surface area contributed by atoms with Crippen molar-refractivity contribution in [1.82, 2.24) is 0 Å². The number of furan rings is 1. The van der Waals surface area contributed by atoms with Crippen molar-refractivity contribution in [3.63, 3.8) is 0 Å². The highest BCUT2D eigenvalue weighted by atomic mass is 16.3. The normalized spacial score (nSPS) is 14.6. The zero-order chi connectivity index (χ0) is 36.2. The summed E-state index contributed by atoms with van der Waals surface area (Å²) in [6.07, 6.45) is 2.39. The summed E-state index contributed by atoms with van der Waals surface area (Å²) in [6.45, 7) is 9.59. The molecule has 0 N–H and O–H groups in total. The molecule has 3 heteroatoms. The van der Waals surface area contributed by atoms with E-state index < -0.39 is 0 Å². The highest BCUT2D eigenvalue weighted by molar-refractivity contribution is 6.06. The first-order valence-corrected chi connectivity index (χ1v) is 18.7. The Kier molecular flexibility index (Phi) is 7.96. The van der Waals surface area contributed by atoms with E-state index in [2.05, 4.69) is 195 Å². The Morgan fingerprint density at radius 2 is 0.887 bits per heavy atom. The van der Waals surface area contributed by atoms with Gasteiger partial charge >= 0.3 is 0 Å². The van der Waals surface area contributed by atoms with E-state index in [9.17, 15) is 0 Å². The van der Waals surface area contributed by atoms with E-state index in [1.165, 1.54) is 35.2 Å². The number of benzene rings is 7. The van der Waals surface area contributed by atoms with Gasteiger partial charge in [-0.2, -0.15) is 0 Å². The second kappa shape index (κ2) is 12.9. The molecule has 8 aromatic rings. The molecule has 0 saturated carbocycles. The number of anilines is 6. The fraction of sp³-hybridized carbons (Fsp3) is 0.160. The molecule has 260 valence electrons. The summed E-state index contributed by atoms with van der Waals surface area (Å²) >= 11 is 0. The van der Waals surface area contributed by atoms with Crippen LogP contribution in [0.4, 0.5) is 34.1 Å². The van der Waals surface area contributed by atoms with Crippen molar-refractivity contribution in [3.05, 3.63) is 181 Å². The van der Waals surface area contributed by atoms with Crippen LogP contribution in [0.1, 0.15) is 51.7 Å². The Bertz CT molecular complexity index is 2560. The highest BCUT2D eigenvalue weighted by Crippen LogP contribution is 2.48. The first-order chi connectivity index (χ1) is 25.7. The molecule has 0 spiro atoms. The molecule has 0 unspecified atom stereocenters. The van der Waals surface area contributed by atoms with E-state index in [0.29, 0.717) is 0 Å². The van der Waals surface area contributed by atoms with Gasteiger partial charge in [-0.25, -0.2) is 0 Å². The lowest BCUT2D eigenvalue weighted by Gasteiger charge is -2.42. The molecule has 0 atom stereocenters. The van der Waals surface area contributed by atoms with Gasteiger partial charge in [0.05, 0.1) is 0 Å². The first-order valence-electron chi connectivity index (χ1n) is 18.7. The van der Waals surface area contributed by atoms with Crippen molar-refractivity contribution in [1.29, 1.82) is 0 Å². The quantitative estimate of drug-likeness (QED) is 0.166. The van der Waals surface area contributed by atoms with Crippen LogP contribution in [0.2, 0.25) is 0 Å². The van der Waals surface area contributed by atoms with Crippen molar-refractivity contribution >= 4 is 56.1 Å². The summed E-state index contributed by atoms with van der Waals surface area (Å²) in [5.74, 6) is 0. The Balaban J connectivity index is 1.09. The fourth-order valence-corrected chi connectivity index (χ4v) is 8.25. The SMILES string of the molecule is CC1(C)CCC(C)(C)c2cc(N(c3ccccc3)c3cccc(-c4ccc(N(c5ccccc5)c5ccc6c(c5)oc5ccccc56)cc4)c3)ccc21. The van der Waals surface area contributed by atoms with E-state index in [0.717, 1.165) is 55.9 Å². The topological polar surface area (TPSA) is 19.6 Å². The lowest BCUT2D eigenvalue weighted by atomic mass is 9.63. The predicted molar refractivity (Wildman–Crippen MR) is 224 cm³/mol. The molecule has 1 aromatic heterocycles. The Morgan fingerprint density at radius 3 is 1.60 bits per heavy atom. The van der Waals surface area contributed by atoms with Crippen LogP contribution >= 0.6 is 0 Å². The smallest absolute Gasteiger partial charge is 0.137 e. The average Bonchev–Trinajstić information content (AvgIpc) is 3.56. The number of hydrogen-bond acceptors (Lipinski definition) is 3. The number of fused-ring (bicyclic) bond motifs is 4. The number of hydrogen-bond donors (Lipinski definition) is 0. The molecular weight excluding hydrogens is 645 g/mol. The molecular formula is C50H44N2O. The largest absolute Gasteiger partial charge is 0.456 e. The van der Waals surface area contributed by atoms with Crippen LogP contribution in [0.5, 0.6) is 0 Å². The van der Waals surface area contributed by atoms with Gasteiger partial charge in [-0.1, -0.05) is 113 Å². The molecule has 1 aliphatic rings. The van der Waals surface area contributed by atoms with E-state index in [-0.39, 0.29) is 10.8 Å². The van der Waals surface area contributed by atoms with Crippen molar-refractivity contribution < 1.29 is 4.42 Å². The maximum atomic E-state index is 6.30. The molecule has 0 amide bonds. The molecule has 0 radical (unpaired) electrons. The minimum Gasteiger partial charge on any atom is -0.456 e. The first kappa shape index (κ1) is 32.8. The van der Waals surface area contributed by atoms with Gasteiger partial charge in [0.25, 0.3) is 0 Å². The minimum atomic E-state index is 0.123. The fourth-order valence-electron chi connectivity index (χ4n) is 8.25. The second-order valence-corrected chi connectivity index (χ2v) is 15.7. The Morgan fingerprint density at radius 1 is 0.377 bits per heavy atom. The molecule has 3 nitrogen and oxygen atoms in total. The summed E-state index contributed by atoms with van der Waals surface area (Å²) in [6, 6.07) is 61.1. The molecule has 53 heavy (non-hydrogen) atoms. The predicted octanol–water partition coefficient (Wildman–Crippen LogP) is 14.5. The summed E-state index contributed by atoms with van der Waals surface area (Å²) < 4.78 is 6.30. The lowest BCUT2D eigenvalue weighted by Crippen LogP contribution is -2.34. The van der Waals surface area contributed by atoms with Gasteiger partial charge < -0.3 is 14.2 Å². The van der Waals surface area contributed by atoms with Gasteiger partial charge in [0.1, 0.15) is 11.2 Å². The number of nitrogens with zero attached hydrogens (tertiary/aromatic N) is 2. The third-order valence-electron chi connectivity index (χ3n) is 11.3. The molecule has 1 heterocycles. The molecule has 7 aromatic carbocycles. The van der Waals surface area contributed by atoms with Crippen LogP contribution in [-0.4, -0.2) is 0 Å². The van der Waals surface area contributed by atoms with Crippen molar-refractivity contribution in [2.75, 3.05) is 9.80 Å². The standard InChI is InChI=1S/C50H44N2O/c1-49(2)30-31-50(3,4)46-33-41(27-29-45(46)49)52(38-17-9-6-10-18-38)40-19-13-14-36(32-40)35-22-24-39(25-23-35)51(37-15-7-5-8-16-37)42-26-28-44-43-20-11-12-21-47(43)53-48(44)34-42/h5-29,32-34H,30-31H2,1-4H3. The maximum Gasteiger partial charge on any atom is 0.137 e. The van der Waals surface area contributed by atoms with Crippen LogP contribution in [0, 0.1) is 0 Å². The minimum absolute atomic E-state index is 0.123. The van der Waals surface area contributed by atoms with Crippen LogP contribution in [0.15, 0.2) is 174 Å². The van der Waals surface area contributed by atoms with Crippen molar-refractivity contribution in [3.8, 4) is 11.1 Å². The Hall–Kier alpha value is -6.06. The van der Waals surface area contributed by atoms with Gasteiger partial charge in [0.2, 0.25) is 0 Å². The maximum absolute atomic E-state index is 6.30. The van der Waals surface area contributed by atoms with E-state index >= 15 is 0 Å². The molecule has 9 rings (SSSR count). The zero-order valence-corrected chi connectivity index (χ0v) is 30.9. The van der Waals surface area contributed by atoms with Crippen LogP contribution in [0.25, 0.3) is 33.1 Å². The van der Waals surface area contributed by atoms with E-state index in [1.807, 2.05) is 12.1 Å². The molecule has 1 aliphatic carbocycles. The third-order valence-corrected chi connectivity index (χ3v) is 11.3. The Labute approximate surface area is 312 Å². The highest BCUT2D eigenvalue weighted by Gasteiger charge is 2.37. The second-order valence-electron chi connectivity index (χ2n) is 15.7. The van der Waals surface area contributed by atoms with Crippen LogP contribution < -0.4 is 9.80 Å². The van der Waals surface area contributed by atoms with Crippen LogP contribution in [-0.2, 0) is 10.8 Å². The zero-order valence-electron chi connectivity index (χ0n) is 30.9. The van der Waals surface area contributed by atoms with E-state index in [1.54, 1.807) is 0 Å². The monoisotopic (exact) mass is 688 g/mol. The van der Waals surface area contributed by atoms with Gasteiger partial charge in [0.15, 0.2) is 0 Å². The molecule has 0 fully saturated rings. The molecule has 0 bridgehead atoms. The summed E-state index contributed by atoms with van der Waals surface area (Å²) in [4.78, 5) is 4.70. The summed E-state index contributed by atoms with van der Waals surface area (Å²) in [5, 5.41) is 2.26. The van der Waals surface area contributed by atoms with Crippen LogP contribution in [0.3, 0.4) is 0 Å². The summed E-state index contributed by atoms with van der Waals surface area (Å²) in [5.41, 5.74) is 14.0. The van der Waals surface area contributed by atoms with E-state index in [4.69, 9.17) is 4.42 Å². The average molecular weight is 689 g/mol. The number of para-hydroxylation sites is 3. The van der Waals surface area contributed by atoms with Gasteiger partial charge in [-0.05, 0) is 125 Å². The number of rotatable bonds is 7. The van der Waals surface area contributed by atoms with Gasteiger partial charge in [-0.3, -0.25) is 0 Å². The lowest BCUT2D eigenvalue weighted by molar-refractivity contribution is 0.332. The molecule has 0 saturated heterocycles. The van der Waals surface area contributed by atoms with Gasteiger partial charge in [0, 0.05) is 51.0 Å². The molecule has 0 aliphatic heterocycles. The summed E-state index contributed by atoms with van der Waals surface area (Å²) in [7, 11) is 0. The van der Waals surface area contributed by atoms with Gasteiger partial charge in [-0.15, -0.1) is 0 Å².